The third kappa shape index (κ3) is 4.48. The van der Waals surface area contributed by atoms with Crippen LogP contribution in [-0.2, 0) is 0 Å². The summed E-state index contributed by atoms with van der Waals surface area (Å²) in [4.78, 5) is 4.40. The normalized spacial score (nSPS) is 10.2. The maximum atomic E-state index is 6.13. The highest BCUT2D eigenvalue weighted by Crippen LogP contribution is 2.36. The van der Waals surface area contributed by atoms with Crippen LogP contribution in [0, 0.1) is 0 Å². The van der Waals surface area contributed by atoms with Crippen LogP contribution in [0.25, 0.3) is 0 Å². The second-order valence-electron chi connectivity index (χ2n) is 5.33. The molecule has 0 aliphatic rings. The Kier molecular flexibility index (Phi) is 5.77. The molecular weight excluding hydrogens is 370 g/mol. The van der Waals surface area contributed by atoms with Gasteiger partial charge in [-0.25, -0.2) is 0 Å². The van der Waals surface area contributed by atoms with Gasteiger partial charge in [-0.1, -0.05) is 11.6 Å². The topological polar surface area (TPSA) is 90.4 Å². The lowest BCUT2D eigenvalue weighted by atomic mass is 10.2. The van der Waals surface area contributed by atoms with Gasteiger partial charge in [0.05, 0.1) is 38.2 Å². The van der Waals surface area contributed by atoms with Crippen LogP contribution in [0.5, 0.6) is 17.2 Å². The Morgan fingerprint density at radius 3 is 2.30 bits per heavy atom. The number of hydrogen-bond acceptors (Lipinski definition) is 8. The molecule has 0 aliphatic carbocycles. The van der Waals surface area contributed by atoms with Crippen molar-refractivity contribution < 1.29 is 14.2 Å². The molecule has 3 rings (SSSR count). The maximum absolute atomic E-state index is 6.13. The largest absolute Gasteiger partial charge is 0.497 e. The first-order valence-electron chi connectivity index (χ1n) is 7.92. The average Bonchev–Trinajstić information content (AvgIpc) is 2.70. The number of hydrogen-bond donors (Lipinski definition) is 2. The number of ether oxygens (including phenoxy) is 3. The summed E-state index contributed by atoms with van der Waals surface area (Å²) in [5.74, 6) is 2.61. The van der Waals surface area contributed by atoms with Crippen molar-refractivity contribution in [2.24, 2.45) is 0 Å². The van der Waals surface area contributed by atoms with Crippen LogP contribution in [0.15, 0.2) is 42.6 Å². The highest BCUT2D eigenvalue weighted by atomic mass is 35.5. The van der Waals surface area contributed by atoms with Gasteiger partial charge >= 0.3 is 0 Å². The summed E-state index contributed by atoms with van der Waals surface area (Å²) in [6, 6.07) is 10.8. The van der Waals surface area contributed by atoms with E-state index < -0.39 is 0 Å². The second kappa shape index (κ2) is 8.41. The van der Waals surface area contributed by atoms with Gasteiger partial charge in [0.1, 0.15) is 17.2 Å². The van der Waals surface area contributed by atoms with E-state index >= 15 is 0 Å². The van der Waals surface area contributed by atoms with Gasteiger partial charge in [-0.2, -0.15) is 10.1 Å². The van der Waals surface area contributed by atoms with E-state index in [1.807, 2.05) is 24.3 Å². The lowest BCUT2D eigenvalue weighted by Crippen LogP contribution is -2.03. The van der Waals surface area contributed by atoms with Crippen molar-refractivity contribution in [2.45, 2.75) is 0 Å². The third-order valence-electron chi connectivity index (χ3n) is 3.64. The number of anilines is 4. The molecule has 27 heavy (non-hydrogen) atoms. The number of halogens is 1. The molecule has 2 aromatic carbocycles. The Hall–Kier alpha value is -3.26. The number of nitrogens with zero attached hydrogens (tertiary/aromatic N) is 3. The van der Waals surface area contributed by atoms with Crippen molar-refractivity contribution in [3.05, 3.63) is 47.6 Å². The molecule has 0 amide bonds. The van der Waals surface area contributed by atoms with E-state index in [1.165, 1.54) is 13.3 Å². The van der Waals surface area contributed by atoms with Gasteiger partial charge in [0.2, 0.25) is 5.95 Å². The summed E-state index contributed by atoms with van der Waals surface area (Å²) in [5, 5.41) is 14.6. The van der Waals surface area contributed by atoms with E-state index in [1.54, 1.807) is 26.4 Å². The molecule has 0 saturated heterocycles. The van der Waals surface area contributed by atoms with Crippen molar-refractivity contribution >= 4 is 34.7 Å². The van der Waals surface area contributed by atoms with Gasteiger partial charge < -0.3 is 24.8 Å². The standard InChI is InChI=1S/C18H18ClN5O3/c1-25-12-6-4-11(5-7-12)21-17-10-20-24-18(23-17)22-14-9-15(26-2)13(19)8-16(14)27-3/h4-10H,1-3H3,(H2,21,22,23,24). The van der Waals surface area contributed by atoms with Crippen molar-refractivity contribution in [1.29, 1.82) is 0 Å². The molecule has 0 saturated carbocycles. The first kappa shape index (κ1) is 18.5. The molecule has 0 unspecified atom stereocenters. The number of nitrogens with one attached hydrogen (secondary N) is 2. The Morgan fingerprint density at radius 1 is 0.889 bits per heavy atom. The van der Waals surface area contributed by atoms with E-state index in [-0.39, 0.29) is 5.95 Å². The van der Waals surface area contributed by atoms with E-state index in [9.17, 15) is 0 Å². The zero-order valence-electron chi connectivity index (χ0n) is 15.0. The van der Waals surface area contributed by atoms with Crippen molar-refractivity contribution in [3.8, 4) is 17.2 Å². The second-order valence-corrected chi connectivity index (χ2v) is 5.74. The fourth-order valence-electron chi connectivity index (χ4n) is 2.32. The Bertz CT molecular complexity index is 921. The molecule has 2 N–H and O–H groups in total. The lowest BCUT2D eigenvalue weighted by Gasteiger charge is -2.13. The Labute approximate surface area is 161 Å². The molecule has 1 heterocycles. The molecule has 0 aliphatic heterocycles. The Morgan fingerprint density at radius 2 is 1.63 bits per heavy atom. The summed E-state index contributed by atoms with van der Waals surface area (Å²) < 4.78 is 15.7. The highest BCUT2D eigenvalue weighted by molar-refractivity contribution is 6.32. The van der Waals surface area contributed by atoms with Crippen molar-refractivity contribution in [1.82, 2.24) is 15.2 Å². The number of methoxy groups -OCH3 is 3. The summed E-state index contributed by atoms with van der Waals surface area (Å²) in [6.45, 7) is 0. The van der Waals surface area contributed by atoms with E-state index in [4.69, 9.17) is 25.8 Å². The van der Waals surface area contributed by atoms with Gasteiger partial charge in [-0.15, -0.1) is 5.10 Å². The van der Waals surface area contributed by atoms with Crippen LogP contribution in [0.4, 0.5) is 23.1 Å². The molecule has 0 atom stereocenters. The molecule has 0 bridgehead atoms. The zero-order chi connectivity index (χ0) is 19.2. The van der Waals surface area contributed by atoms with Gasteiger partial charge in [-0.3, -0.25) is 0 Å². The first-order chi connectivity index (χ1) is 13.1. The molecule has 0 spiro atoms. The fourth-order valence-corrected chi connectivity index (χ4v) is 2.55. The monoisotopic (exact) mass is 387 g/mol. The van der Waals surface area contributed by atoms with Gasteiger partial charge in [0.15, 0.2) is 5.82 Å². The fraction of sp³-hybridized carbons (Fsp3) is 0.167. The van der Waals surface area contributed by atoms with Crippen LogP contribution >= 0.6 is 11.6 Å². The van der Waals surface area contributed by atoms with Crippen LogP contribution in [0.2, 0.25) is 5.02 Å². The summed E-state index contributed by atoms with van der Waals surface area (Å²) in [5.41, 5.74) is 1.44. The van der Waals surface area contributed by atoms with E-state index in [0.29, 0.717) is 28.0 Å². The maximum Gasteiger partial charge on any atom is 0.249 e. The van der Waals surface area contributed by atoms with Crippen LogP contribution in [0.1, 0.15) is 0 Å². The Balaban J connectivity index is 1.81. The molecule has 9 heteroatoms. The minimum absolute atomic E-state index is 0.288. The molecule has 140 valence electrons. The number of rotatable bonds is 7. The van der Waals surface area contributed by atoms with Crippen molar-refractivity contribution in [3.63, 3.8) is 0 Å². The highest BCUT2D eigenvalue weighted by Gasteiger charge is 2.12. The van der Waals surface area contributed by atoms with Gasteiger partial charge in [0, 0.05) is 17.8 Å². The average molecular weight is 388 g/mol. The van der Waals surface area contributed by atoms with Gasteiger partial charge in [-0.05, 0) is 24.3 Å². The minimum atomic E-state index is 0.288. The summed E-state index contributed by atoms with van der Waals surface area (Å²) in [6.07, 6.45) is 1.52. The molecular formula is C18H18ClN5O3. The number of benzene rings is 2. The zero-order valence-corrected chi connectivity index (χ0v) is 15.7. The van der Waals surface area contributed by atoms with Crippen LogP contribution < -0.4 is 24.8 Å². The summed E-state index contributed by atoms with van der Waals surface area (Å²) >= 11 is 6.13. The molecule has 8 nitrogen and oxygen atoms in total. The molecule has 0 radical (unpaired) electrons. The van der Waals surface area contributed by atoms with Crippen LogP contribution in [-0.4, -0.2) is 36.5 Å². The smallest absolute Gasteiger partial charge is 0.249 e. The number of aromatic nitrogens is 3. The molecule has 3 aromatic rings. The summed E-state index contributed by atoms with van der Waals surface area (Å²) in [7, 11) is 4.70. The van der Waals surface area contributed by atoms with E-state index in [2.05, 4.69) is 25.8 Å². The first-order valence-corrected chi connectivity index (χ1v) is 8.30. The van der Waals surface area contributed by atoms with Crippen LogP contribution in [0.3, 0.4) is 0 Å². The predicted octanol–water partition coefficient (Wildman–Crippen LogP) is 4.04. The lowest BCUT2D eigenvalue weighted by molar-refractivity contribution is 0.405. The quantitative estimate of drug-likeness (QED) is 0.627. The predicted molar refractivity (Wildman–Crippen MR) is 104 cm³/mol. The van der Waals surface area contributed by atoms with Crippen molar-refractivity contribution in [2.75, 3.05) is 32.0 Å². The minimum Gasteiger partial charge on any atom is -0.497 e. The molecule has 1 aromatic heterocycles. The van der Waals surface area contributed by atoms with E-state index in [0.717, 1.165) is 11.4 Å². The molecule has 0 fully saturated rings. The third-order valence-corrected chi connectivity index (χ3v) is 3.94. The SMILES string of the molecule is COc1ccc(Nc2cnnc(Nc3cc(OC)c(Cl)cc3OC)n2)cc1. The van der Waals surface area contributed by atoms with Gasteiger partial charge in [0.25, 0.3) is 0 Å².